The molecule has 1 aliphatic carbocycles. The van der Waals surface area contributed by atoms with Gasteiger partial charge in [0.15, 0.2) is 0 Å². The van der Waals surface area contributed by atoms with Crippen LogP contribution in [0.1, 0.15) is 72.9 Å². The van der Waals surface area contributed by atoms with Crippen LogP contribution in [-0.2, 0) is 16.1 Å². The van der Waals surface area contributed by atoms with E-state index in [0.717, 1.165) is 41.2 Å². The van der Waals surface area contributed by atoms with Gasteiger partial charge >= 0.3 is 5.97 Å². The molecule has 2 aromatic rings. The Morgan fingerprint density at radius 3 is 2.56 bits per heavy atom. The van der Waals surface area contributed by atoms with Crippen LogP contribution in [0.4, 0.5) is 0 Å². The number of carbonyl (C=O) groups excluding carboxylic acids is 1. The Kier molecular flexibility index (Phi) is 11.3. The van der Waals surface area contributed by atoms with Crippen molar-refractivity contribution in [2.24, 2.45) is 5.92 Å². The van der Waals surface area contributed by atoms with E-state index in [-0.39, 0.29) is 5.91 Å². The first-order chi connectivity index (χ1) is 17.4. The van der Waals surface area contributed by atoms with Gasteiger partial charge in [0.2, 0.25) is 0 Å². The molecule has 0 heterocycles. The maximum Gasteiger partial charge on any atom is 0.326 e. The molecular weight excluding hydrogens is 470 g/mol. The third-order valence-electron chi connectivity index (χ3n) is 7.31. The van der Waals surface area contributed by atoms with Crippen molar-refractivity contribution in [1.29, 1.82) is 0 Å². The normalized spacial score (nSPS) is 15.0. The number of thioether (sulfide) groups is 1. The Balaban J connectivity index is 1.75. The highest BCUT2D eigenvalue weighted by Crippen LogP contribution is 2.30. The van der Waals surface area contributed by atoms with E-state index in [1.165, 1.54) is 43.4 Å². The SMILES string of the molecule is CSCCC(C(=O)O)N(C)C(=O)c1ccc(COCCCC2CCCCC2)cc1-c1ccccc1C. The highest BCUT2D eigenvalue weighted by molar-refractivity contribution is 7.98. The van der Waals surface area contributed by atoms with E-state index in [9.17, 15) is 14.7 Å². The van der Waals surface area contributed by atoms with E-state index in [4.69, 9.17) is 4.74 Å². The summed E-state index contributed by atoms with van der Waals surface area (Å²) in [6.45, 7) is 3.27. The van der Waals surface area contributed by atoms with Gasteiger partial charge in [-0.25, -0.2) is 4.79 Å². The van der Waals surface area contributed by atoms with Crippen LogP contribution in [-0.4, -0.2) is 53.6 Å². The number of hydrogen-bond acceptors (Lipinski definition) is 4. The van der Waals surface area contributed by atoms with Crippen molar-refractivity contribution < 1.29 is 19.4 Å². The molecular formula is C30H41NO4S. The summed E-state index contributed by atoms with van der Waals surface area (Å²) in [7, 11) is 1.59. The average Bonchev–Trinajstić information content (AvgIpc) is 2.89. The number of aryl methyl sites for hydroxylation is 1. The molecule has 0 bridgehead atoms. The van der Waals surface area contributed by atoms with Gasteiger partial charge in [0.25, 0.3) is 5.91 Å². The van der Waals surface area contributed by atoms with Gasteiger partial charge in [-0.3, -0.25) is 4.79 Å². The number of benzene rings is 2. The number of likely N-dealkylation sites (N-methyl/N-ethyl adjacent to an activating group) is 1. The first-order valence-corrected chi connectivity index (χ1v) is 14.6. The molecule has 0 radical (unpaired) electrons. The van der Waals surface area contributed by atoms with E-state index in [2.05, 4.69) is 0 Å². The lowest BCUT2D eigenvalue weighted by Crippen LogP contribution is -2.43. The molecule has 1 atom stereocenters. The fourth-order valence-electron chi connectivity index (χ4n) is 5.15. The van der Waals surface area contributed by atoms with Gasteiger partial charge in [0, 0.05) is 19.2 Å². The predicted octanol–water partition coefficient (Wildman–Crippen LogP) is 6.82. The molecule has 2 aromatic carbocycles. The molecule has 196 valence electrons. The zero-order chi connectivity index (χ0) is 25.9. The van der Waals surface area contributed by atoms with Crippen LogP contribution >= 0.6 is 11.8 Å². The number of carbonyl (C=O) groups is 2. The molecule has 0 aliphatic heterocycles. The van der Waals surface area contributed by atoms with Gasteiger partial charge in [0.1, 0.15) is 6.04 Å². The van der Waals surface area contributed by atoms with Gasteiger partial charge in [-0.2, -0.15) is 11.8 Å². The Bertz CT molecular complexity index is 1000. The maximum absolute atomic E-state index is 13.5. The fraction of sp³-hybridized carbons (Fsp3) is 0.533. The standard InChI is InChI=1S/C30H41NO4S/c1-22-10-7-8-14-25(22)27-20-24(21-35-18-9-13-23-11-5-4-6-12-23)15-16-26(27)29(32)31(2)28(30(33)34)17-19-36-3/h7-8,10,14-16,20,23,28H,4-6,9,11-13,17-19,21H2,1-3H3,(H,33,34). The smallest absolute Gasteiger partial charge is 0.326 e. The highest BCUT2D eigenvalue weighted by Gasteiger charge is 2.28. The average molecular weight is 512 g/mol. The van der Waals surface area contributed by atoms with E-state index < -0.39 is 12.0 Å². The molecule has 1 saturated carbocycles. The number of nitrogens with zero attached hydrogens (tertiary/aromatic N) is 1. The minimum Gasteiger partial charge on any atom is -0.480 e. The molecule has 5 nitrogen and oxygen atoms in total. The molecule has 1 unspecified atom stereocenters. The van der Waals surface area contributed by atoms with Crippen molar-refractivity contribution in [2.75, 3.05) is 25.7 Å². The van der Waals surface area contributed by atoms with Crippen molar-refractivity contribution in [3.63, 3.8) is 0 Å². The van der Waals surface area contributed by atoms with Crippen molar-refractivity contribution in [2.45, 2.75) is 70.9 Å². The third-order valence-corrected chi connectivity index (χ3v) is 7.96. The summed E-state index contributed by atoms with van der Waals surface area (Å²) in [4.78, 5) is 26.8. The van der Waals surface area contributed by atoms with E-state index in [1.807, 2.05) is 55.6 Å². The lowest BCUT2D eigenvalue weighted by Gasteiger charge is -2.26. The Morgan fingerprint density at radius 1 is 1.11 bits per heavy atom. The Labute approximate surface area is 220 Å². The zero-order valence-electron chi connectivity index (χ0n) is 22.0. The number of aliphatic carboxylic acids is 1. The number of carboxylic acids is 1. The molecule has 1 amide bonds. The van der Waals surface area contributed by atoms with Gasteiger partial charge in [-0.1, -0.05) is 62.4 Å². The molecule has 1 N–H and O–H groups in total. The second kappa shape index (κ2) is 14.4. The monoisotopic (exact) mass is 511 g/mol. The van der Waals surface area contributed by atoms with Crippen LogP contribution in [0.25, 0.3) is 11.1 Å². The third kappa shape index (κ3) is 7.84. The van der Waals surface area contributed by atoms with Crippen LogP contribution in [0.3, 0.4) is 0 Å². The molecule has 0 spiro atoms. The summed E-state index contributed by atoms with van der Waals surface area (Å²) in [5.41, 5.74) is 4.40. The summed E-state index contributed by atoms with van der Waals surface area (Å²) in [5.74, 6) is 0.288. The van der Waals surface area contributed by atoms with Crippen molar-refractivity contribution >= 4 is 23.6 Å². The second-order valence-corrected chi connectivity index (χ2v) is 10.9. The predicted molar refractivity (Wildman–Crippen MR) is 149 cm³/mol. The lowest BCUT2D eigenvalue weighted by atomic mass is 9.86. The summed E-state index contributed by atoms with van der Waals surface area (Å²) < 4.78 is 6.02. The van der Waals surface area contributed by atoms with E-state index >= 15 is 0 Å². The summed E-state index contributed by atoms with van der Waals surface area (Å²) in [6, 6.07) is 12.9. The van der Waals surface area contributed by atoms with Gasteiger partial charge < -0.3 is 14.7 Å². The molecule has 6 heteroatoms. The quantitative estimate of drug-likeness (QED) is 0.299. The zero-order valence-corrected chi connectivity index (χ0v) is 22.8. The molecule has 0 saturated heterocycles. The van der Waals surface area contributed by atoms with Crippen LogP contribution in [0, 0.1) is 12.8 Å². The van der Waals surface area contributed by atoms with Crippen LogP contribution < -0.4 is 0 Å². The molecule has 3 rings (SSSR count). The molecule has 1 aliphatic rings. The first kappa shape index (κ1) is 28.3. The first-order valence-electron chi connectivity index (χ1n) is 13.2. The molecule has 0 aromatic heterocycles. The maximum atomic E-state index is 13.5. The fourth-order valence-corrected chi connectivity index (χ4v) is 5.61. The number of hydrogen-bond donors (Lipinski definition) is 1. The molecule has 36 heavy (non-hydrogen) atoms. The number of rotatable bonds is 13. The Morgan fingerprint density at radius 2 is 1.86 bits per heavy atom. The van der Waals surface area contributed by atoms with Gasteiger partial charge in [0.05, 0.1) is 6.61 Å². The largest absolute Gasteiger partial charge is 0.480 e. The number of carboxylic acid groups (broad SMARTS) is 1. The number of amides is 1. The van der Waals surface area contributed by atoms with Crippen molar-refractivity contribution in [3.8, 4) is 11.1 Å². The highest BCUT2D eigenvalue weighted by atomic mass is 32.2. The summed E-state index contributed by atoms with van der Waals surface area (Å²) in [5, 5.41) is 9.74. The van der Waals surface area contributed by atoms with Crippen molar-refractivity contribution in [3.05, 3.63) is 59.2 Å². The summed E-state index contributed by atoms with van der Waals surface area (Å²) >= 11 is 1.58. The van der Waals surface area contributed by atoms with Gasteiger partial charge in [-0.05, 0) is 78.5 Å². The van der Waals surface area contributed by atoms with Gasteiger partial charge in [-0.15, -0.1) is 0 Å². The lowest BCUT2D eigenvalue weighted by molar-refractivity contribution is -0.142. The van der Waals surface area contributed by atoms with E-state index in [1.54, 1.807) is 18.8 Å². The second-order valence-electron chi connectivity index (χ2n) is 9.95. The Hall–Kier alpha value is -2.31. The van der Waals surface area contributed by atoms with Crippen LogP contribution in [0.15, 0.2) is 42.5 Å². The van der Waals surface area contributed by atoms with Crippen LogP contribution in [0.5, 0.6) is 0 Å². The molecule has 1 fully saturated rings. The van der Waals surface area contributed by atoms with Crippen molar-refractivity contribution in [1.82, 2.24) is 4.90 Å². The topological polar surface area (TPSA) is 66.8 Å². The number of ether oxygens (including phenoxy) is 1. The van der Waals surface area contributed by atoms with Crippen LogP contribution in [0.2, 0.25) is 0 Å². The summed E-state index contributed by atoms with van der Waals surface area (Å²) in [6.07, 6.45) is 11.5. The van der Waals surface area contributed by atoms with E-state index in [0.29, 0.717) is 24.3 Å². The minimum absolute atomic E-state index is 0.276. The minimum atomic E-state index is -0.976.